The van der Waals surface area contributed by atoms with E-state index in [1.165, 1.54) is 0 Å². The number of anilines is 1. The number of hydrogen-bond acceptors (Lipinski definition) is 4. The summed E-state index contributed by atoms with van der Waals surface area (Å²) < 4.78 is 0. The van der Waals surface area contributed by atoms with Crippen LogP contribution < -0.4 is 10.6 Å². The molecule has 0 aliphatic heterocycles. The molecule has 1 aliphatic carbocycles. The molecule has 5 heteroatoms. The number of nitrogens with one attached hydrogen (secondary N) is 2. The minimum atomic E-state index is -0.500. The average Bonchev–Trinajstić information content (AvgIpc) is 2.77. The number of aliphatic hydroxyl groups is 1. The molecule has 1 aromatic heterocycles. The molecule has 26 heavy (non-hydrogen) atoms. The van der Waals surface area contributed by atoms with Gasteiger partial charge in [0.2, 0.25) is 5.91 Å². The molecule has 0 bridgehead atoms. The number of fused-ring (bicyclic) bond motifs is 1. The SMILES string of the molecule is CCNC1c2cc(NC(=O)Cc3ccncc3)c(C)cc2C(C)(C)C1O. The van der Waals surface area contributed by atoms with Gasteiger partial charge in [-0.2, -0.15) is 0 Å². The highest BCUT2D eigenvalue weighted by atomic mass is 16.3. The van der Waals surface area contributed by atoms with Gasteiger partial charge >= 0.3 is 0 Å². The highest BCUT2D eigenvalue weighted by Gasteiger charge is 2.45. The Morgan fingerprint density at radius 1 is 1.27 bits per heavy atom. The van der Waals surface area contributed by atoms with E-state index in [0.29, 0.717) is 6.42 Å². The summed E-state index contributed by atoms with van der Waals surface area (Å²) in [5.74, 6) is -0.0583. The fraction of sp³-hybridized carbons (Fsp3) is 0.429. The highest BCUT2D eigenvalue weighted by Crippen LogP contribution is 2.46. The van der Waals surface area contributed by atoms with Gasteiger partial charge in [0.1, 0.15) is 0 Å². The van der Waals surface area contributed by atoms with Crippen LogP contribution in [0.25, 0.3) is 0 Å². The maximum absolute atomic E-state index is 12.4. The first-order chi connectivity index (χ1) is 12.3. The van der Waals surface area contributed by atoms with Crippen molar-refractivity contribution in [3.8, 4) is 0 Å². The van der Waals surface area contributed by atoms with Crippen LogP contribution in [-0.2, 0) is 16.6 Å². The standard InChI is InChI=1S/C21H27N3O2/c1-5-23-19-15-12-17(13(2)10-16(15)21(3,4)20(19)26)24-18(25)11-14-6-8-22-9-7-14/h6-10,12,19-20,23,26H,5,11H2,1-4H3,(H,24,25). The number of pyridine rings is 1. The molecule has 0 spiro atoms. The number of likely N-dealkylation sites (N-methyl/N-ethyl adjacent to an activating group) is 1. The summed E-state index contributed by atoms with van der Waals surface area (Å²) >= 11 is 0. The second-order valence-electron chi connectivity index (χ2n) is 7.54. The number of amides is 1. The van der Waals surface area contributed by atoms with E-state index in [0.717, 1.165) is 34.5 Å². The van der Waals surface area contributed by atoms with Crippen LogP contribution in [-0.4, -0.2) is 28.6 Å². The van der Waals surface area contributed by atoms with E-state index >= 15 is 0 Å². The fourth-order valence-electron chi connectivity index (χ4n) is 3.74. The number of carbonyl (C=O) groups is 1. The molecule has 0 saturated heterocycles. The van der Waals surface area contributed by atoms with Crippen molar-refractivity contribution in [2.45, 2.75) is 51.7 Å². The molecule has 1 aliphatic rings. The Kier molecular flexibility index (Phi) is 5.12. The smallest absolute Gasteiger partial charge is 0.228 e. The second kappa shape index (κ2) is 7.17. The zero-order valence-electron chi connectivity index (χ0n) is 15.8. The molecule has 2 aromatic rings. The van der Waals surface area contributed by atoms with Gasteiger partial charge in [-0.25, -0.2) is 0 Å². The third kappa shape index (κ3) is 3.37. The number of aliphatic hydroxyl groups excluding tert-OH is 1. The van der Waals surface area contributed by atoms with E-state index in [2.05, 4.69) is 35.5 Å². The van der Waals surface area contributed by atoms with Crippen molar-refractivity contribution in [1.29, 1.82) is 0 Å². The van der Waals surface area contributed by atoms with E-state index in [9.17, 15) is 9.90 Å². The summed E-state index contributed by atoms with van der Waals surface area (Å²) in [5, 5.41) is 17.2. The first kappa shape index (κ1) is 18.5. The van der Waals surface area contributed by atoms with Gasteiger partial charge in [-0.05, 0) is 53.9 Å². The number of hydrogen-bond donors (Lipinski definition) is 3. The molecule has 2 unspecified atom stereocenters. The number of carbonyl (C=O) groups excluding carboxylic acids is 1. The van der Waals surface area contributed by atoms with Crippen LogP contribution in [0.1, 0.15) is 49.1 Å². The molecule has 1 amide bonds. The van der Waals surface area contributed by atoms with E-state index in [1.54, 1.807) is 12.4 Å². The Labute approximate surface area is 154 Å². The Hall–Kier alpha value is -2.24. The average molecular weight is 353 g/mol. The third-order valence-corrected chi connectivity index (χ3v) is 5.29. The molecule has 0 radical (unpaired) electrons. The molecule has 3 rings (SSSR count). The number of benzene rings is 1. The summed E-state index contributed by atoms with van der Waals surface area (Å²) in [6.07, 6.45) is 3.19. The molecule has 1 heterocycles. The van der Waals surface area contributed by atoms with Crippen molar-refractivity contribution in [3.05, 3.63) is 58.9 Å². The number of nitrogens with zero attached hydrogens (tertiary/aromatic N) is 1. The van der Waals surface area contributed by atoms with E-state index < -0.39 is 6.10 Å². The van der Waals surface area contributed by atoms with Gasteiger partial charge in [0.15, 0.2) is 0 Å². The summed E-state index contributed by atoms with van der Waals surface area (Å²) in [5.41, 5.74) is 4.61. The van der Waals surface area contributed by atoms with Crippen LogP contribution in [0, 0.1) is 6.92 Å². The zero-order chi connectivity index (χ0) is 18.9. The van der Waals surface area contributed by atoms with Crippen molar-refractivity contribution in [2.75, 3.05) is 11.9 Å². The minimum Gasteiger partial charge on any atom is -0.390 e. The zero-order valence-corrected chi connectivity index (χ0v) is 15.8. The monoisotopic (exact) mass is 353 g/mol. The maximum Gasteiger partial charge on any atom is 0.228 e. The van der Waals surface area contributed by atoms with Crippen LogP contribution in [0.15, 0.2) is 36.7 Å². The van der Waals surface area contributed by atoms with Gasteiger partial charge in [-0.3, -0.25) is 9.78 Å². The lowest BCUT2D eigenvalue weighted by molar-refractivity contribution is -0.115. The lowest BCUT2D eigenvalue weighted by Crippen LogP contribution is -2.37. The molecule has 3 N–H and O–H groups in total. The molecule has 0 fully saturated rings. The van der Waals surface area contributed by atoms with E-state index in [1.807, 2.05) is 32.0 Å². The molecule has 5 nitrogen and oxygen atoms in total. The van der Waals surface area contributed by atoms with Gasteiger partial charge in [0, 0.05) is 23.5 Å². The van der Waals surface area contributed by atoms with Gasteiger partial charge in [0.25, 0.3) is 0 Å². The first-order valence-electron chi connectivity index (χ1n) is 9.09. The Morgan fingerprint density at radius 3 is 2.62 bits per heavy atom. The van der Waals surface area contributed by atoms with Crippen LogP contribution in [0.3, 0.4) is 0 Å². The van der Waals surface area contributed by atoms with Crippen molar-refractivity contribution in [3.63, 3.8) is 0 Å². The molecular weight excluding hydrogens is 326 g/mol. The number of aryl methyl sites for hydroxylation is 1. The minimum absolute atomic E-state index is 0.0583. The van der Waals surface area contributed by atoms with Gasteiger partial charge in [-0.15, -0.1) is 0 Å². The van der Waals surface area contributed by atoms with E-state index in [4.69, 9.17) is 0 Å². The molecule has 2 atom stereocenters. The lowest BCUT2D eigenvalue weighted by Gasteiger charge is -2.27. The molecule has 138 valence electrons. The van der Waals surface area contributed by atoms with Gasteiger partial charge < -0.3 is 15.7 Å². The lowest BCUT2D eigenvalue weighted by atomic mass is 9.83. The Morgan fingerprint density at radius 2 is 1.96 bits per heavy atom. The fourth-order valence-corrected chi connectivity index (χ4v) is 3.74. The molecule has 0 saturated carbocycles. The summed E-state index contributed by atoms with van der Waals surface area (Å²) in [6.45, 7) is 8.92. The molecule has 1 aromatic carbocycles. The Bertz CT molecular complexity index is 802. The number of aromatic nitrogens is 1. The maximum atomic E-state index is 12.4. The predicted octanol–water partition coefficient (Wildman–Crippen LogP) is 2.87. The third-order valence-electron chi connectivity index (χ3n) is 5.29. The topological polar surface area (TPSA) is 74.2 Å². The van der Waals surface area contributed by atoms with Crippen LogP contribution in [0.5, 0.6) is 0 Å². The van der Waals surface area contributed by atoms with Crippen LogP contribution >= 0.6 is 0 Å². The molecular formula is C21H27N3O2. The largest absolute Gasteiger partial charge is 0.390 e. The Balaban J connectivity index is 1.87. The van der Waals surface area contributed by atoms with Crippen molar-refractivity contribution >= 4 is 11.6 Å². The summed E-state index contributed by atoms with van der Waals surface area (Å²) in [4.78, 5) is 16.4. The van der Waals surface area contributed by atoms with E-state index in [-0.39, 0.29) is 17.4 Å². The van der Waals surface area contributed by atoms with Crippen molar-refractivity contribution < 1.29 is 9.90 Å². The van der Waals surface area contributed by atoms with Crippen LogP contribution in [0.2, 0.25) is 0 Å². The quantitative estimate of drug-likeness (QED) is 0.773. The second-order valence-corrected chi connectivity index (χ2v) is 7.54. The summed E-state index contributed by atoms with van der Waals surface area (Å²) in [7, 11) is 0. The predicted molar refractivity (Wildman–Crippen MR) is 103 cm³/mol. The first-order valence-corrected chi connectivity index (χ1v) is 9.09. The normalized spacial score (nSPS) is 20.7. The van der Waals surface area contributed by atoms with Crippen LogP contribution in [0.4, 0.5) is 5.69 Å². The van der Waals surface area contributed by atoms with Gasteiger partial charge in [0.05, 0.1) is 18.6 Å². The highest BCUT2D eigenvalue weighted by molar-refractivity contribution is 5.93. The van der Waals surface area contributed by atoms with Crippen molar-refractivity contribution in [2.24, 2.45) is 0 Å². The van der Waals surface area contributed by atoms with Gasteiger partial charge in [-0.1, -0.05) is 26.8 Å². The van der Waals surface area contributed by atoms with Crippen molar-refractivity contribution in [1.82, 2.24) is 10.3 Å². The summed E-state index contributed by atoms with van der Waals surface area (Å²) in [6, 6.07) is 7.67. The number of rotatable bonds is 5.